The van der Waals surface area contributed by atoms with Crippen molar-refractivity contribution in [3.8, 4) is 0 Å². The molecule has 0 aromatic rings. The van der Waals surface area contributed by atoms with Crippen LogP contribution in [0.1, 0.15) is 20.8 Å². The normalized spacial score (nSPS) is 12.5. The van der Waals surface area contributed by atoms with Gasteiger partial charge in [0.25, 0.3) is 0 Å². The van der Waals surface area contributed by atoms with E-state index < -0.39 is 16.1 Å². The first kappa shape index (κ1) is 19.3. The molecule has 0 rings (SSSR count). The summed E-state index contributed by atoms with van der Waals surface area (Å²) in [5.41, 5.74) is 0. The van der Waals surface area contributed by atoms with Crippen molar-refractivity contribution in [2.24, 2.45) is 0 Å². The van der Waals surface area contributed by atoms with Gasteiger partial charge in [-0.2, -0.15) is 0 Å². The second kappa shape index (κ2) is 7.37. The Morgan fingerprint density at radius 1 is 0.824 bits per heavy atom. The average molecular weight is 271 g/mol. The lowest BCUT2D eigenvalue weighted by atomic mass is 10.2. The first-order valence-electron chi connectivity index (χ1n) is 6.59. The van der Waals surface area contributed by atoms with Gasteiger partial charge in [-0.05, 0) is 17.1 Å². The van der Waals surface area contributed by atoms with Gasteiger partial charge in [0.1, 0.15) is 0 Å². The highest BCUT2D eigenvalue weighted by molar-refractivity contribution is 6.80. The third-order valence-corrected chi connectivity index (χ3v) is 10.3. The van der Waals surface area contributed by atoms with Crippen molar-refractivity contribution in [2.75, 3.05) is 0 Å². The first-order chi connectivity index (χ1) is 7.37. The Balaban J connectivity index is 0. The second-order valence-corrected chi connectivity index (χ2v) is 18.9. The quantitative estimate of drug-likeness (QED) is 0.422. The Morgan fingerprint density at radius 2 is 1.18 bits per heavy atom. The van der Waals surface area contributed by atoms with Crippen LogP contribution in [0.5, 0.6) is 0 Å². The number of allylic oxidation sites excluding steroid dienone is 2. The van der Waals surface area contributed by atoms with Crippen LogP contribution in [0.15, 0.2) is 25.3 Å². The minimum absolute atomic E-state index is 0.515. The molecule has 0 unspecified atom stereocenters. The maximum atomic E-state index is 3.79. The summed E-state index contributed by atoms with van der Waals surface area (Å²) in [6.07, 6.45) is 4.09. The zero-order valence-electron chi connectivity index (χ0n) is 13.5. The van der Waals surface area contributed by atoms with E-state index in [4.69, 9.17) is 0 Å². The van der Waals surface area contributed by atoms with Gasteiger partial charge in [-0.1, -0.05) is 65.7 Å². The van der Waals surface area contributed by atoms with Gasteiger partial charge in [-0.15, -0.1) is 13.2 Å². The Bertz CT molecular complexity index is 226. The van der Waals surface area contributed by atoms with Crippen molar-refractivity contribution < 1.29 is 0 Å². The minimum Gasteiger partial charge on any atom is -0.103 e. The minimum atomic E-state index is -1.02. The smallest absolute Gasteiger partial charge is 0.0565 e. The molecule has 0 saturated carbocycles. The average Bonchev–Trinajstić information content (AvgIpc) is 1.99. The van der Waals surface area contributed by atoms with Gasteiger partial charge in [-0.3, -0.25) is 0 Å². The highest BCUT2D eigenvalue weighted by Gasteiger charge is 2.33. The summed E-state index contributed by atoms with van der Waals surface area (Å²) >= 11 is 0. The third kappa shape index (κ3) is 10.8. The standard InChI is InChI=1S/C9H20Si.C6H14Si/c1-7-8-10(5,6)9(2,3)4;1-5-6-7(2,3)4/h7H,1,8H2,2-6H3;5H,1,6H2,2-4H3. The van der Waals surface area contributed by atoms with Crippen LogP contribution < -0.4 is 0 Å². The van der Waals surface area contributed by atoms with Gasteiger partial charge >= 0.3 is 0 Å². The molecular weight excluding hydrogens is 236 g/mol. The summed E-state index contributed by atoms with van der Waals surface area (Å²) in [7, 11) is -1.80. The van der Waals surface area contributed by atoms with Gasteiger partial charge in [0.2, 0.25) is 0 Å². The highest BCUT2D eigenvalue weighted by Crippen LogP contribution is 2.38. The molecule has 0 radical (unpaired) electrons. The molecule has 0 aliphatic heterocycles. The van der Waals surface area contributed by atoms with Crippen LogP contribution >= 0.6 is 0 Å². The predicted octanol–water partition coefficient (Wildman–Crippen LogP) is 6.19. The molecule has 2 heteroatoms. The van der Waals surface area contributed by atoms with Crippen molar-refractivity contribution in [1.29, 1.82) is 0 Å². The lowest BCUT2D eigenvalue weighted by molar-refractivity contribution is 0.719. The molecule has 0 aromatic heterocycles. The van der Waals surface area contributed by atoms with Gasteiger partial charge in [0, 0.05) is 8.07 Å². The monoisotopic (exact) mass is 270 g/mol. The van der Waals surface area contributed by atoms with E-state index in [0.717, 1.165) is 0 Å². The molecule has 0 heterocycles. The molecule has 0 N–H and O–H groups in total. The summed E-state index contributed by atoms with van der Waals surface area (Å²) in [5.74, 6) is 0. The molecule has 0 aliphatic carbocycles. The van der Waals surface area contributed by atoms with Crippen molar-refractivity contribution in [1.82, 2.24) is 0 Å². The predicted molar refractivity (Wildman–Crippen MR) is 90.6 cm³/mol. The first-order valence-corrected chi connectivity index (χ1v) is 13.5. The number of rotatable bonds is 4. The zero-order chi connectivity index (χ0) is 14.3. The van der Waals surface area contributed by atoms with Crippen LogP contribution in [0.3, 0.4) is 0 Å². The molecule has 0 amide bonds. The van der Waals surface area contributed by atoms with Crippen LogP contribution in [-0.4, -0.2) is 16.1 Å². The molecule has 17 heavy (non-hydrogen) atoms. The van der Waals surface area contributed by atoms with E-state index in [0.29, 0.717) is 5.04 Å². The fourth-order valence-corrected chi connectivity index (χ4v) is 3.30. The van der Waals surface area contributed by atoms with Crippen LogP contribution in [0, 0.1) is 0 Å². The van der Waals surface area contributed by atoms with Crippen molar-refractivity contribution in [3.05, 3.63) is 25.3 Å². The molecule has 102 valence electrons. The van der Waals surface area contributed by atoms with Crippen LogP contribution in [-0.2, 0) is 0 Å². The summed E-state index contributed by atoms with van der Waals surface area (Å²) in [4.78, 5) is 0. The lowest BCUT2D eigenvalue weighted by Crippen LogP contribution is -2.35. The van der Waals surface area contributed by atoms with E-state index in [-0.39, 0.29) is 0 Å². The summed E-state index contributed by atoms with van der Waals surface area (Å²) in [6, 6.07) is 2.48. The highest BCUT2D eigenvalue weighted by atomic mass is 28.3. The van der Waals surface area contributed by atoms with E-state index in [1.807, 2.05) is 6.08 Å². The Hall–Kier alpha value is -0.0862. The largest absolute Gasteiger partial charge is 0.103 e. The van der Waals surface area contributed by atoms with Gasteiger partial charge in [0.05, 0.1) is 8.07 Å². The molecule has 0 aliphatic rings. The van der Waals surface area contributed by atoms with E-state index >= 15 is 0 Å². The molecular formula is C15H34Si2. The molecule has 0 saturated heterocycles. The second-order valence-electron chi connectivity index (χ2n) is 7.68. The molecule has 0 atom stereocenters. The zero-order valence-corrected chi connectivity index (χ0v) is 15.5. The fourth-order valence-electron chi connectivity index (χ4n) is 1.10. The maximum Gasteiger partial charge on any atom is 0.0565 e. The van der Waals surface area contributed by atoms with Crippen molar-refractivity contribution in [2.45, 2.75) is 70.6 Å². The summed E-state index contributed by atoms with van der Waals surface area (Å²) < 4.78 is 0. The molecule has 0 spiro atoms. The SMILES string of the molecule is C=CC[Si](C)(C)C.C=CC[Si](C)(C)C(C)(C)C. The van der Waals surface area contributed by atoms with Crippen molar-refractivity contribution >= 4 is 16.1 Å². The molecule has 0 bridgehead atoms. The van der Waals surface area contributed by atoms with Gasteiger partial charge in [0.15, 0.2) is 0 Å². The van der Waals surface area contributed by atoms with Crippen LogP contribution in [0.2, 0.25) is 49.9 Å². The third-order valence-electron chi connectivity index (χ3n) is 3.44. The van der Waals surface area contributed by atoms with E-state index in [1.54, 1.807) is 0 Å². The van der Waals surface area contributed by atoms with Crippen molar-refractivity contribution in [3.63, 3.8) is 0 Å². The Kier molecular flexibility index (Phi) is 8.35. The Labute approximate surface area is 112 Å². The summed E-state index contributed by atoms with van der Waals surface area (Å²) in [6.45, 7) is 26.4. The Morgan fingerprint density at radius 3 is 1.24 bits per heavy atom. The number of hydrogen-bond acceptors (Lipinski definition) is 0. The number of hydrogen-bond donors (Lipinski definition) is 0. The molecule has 0 aromatic carbocycles. The van der Waals surface area contributed by atoms with Gasteiger partial charge in [-0.25, -0.2) is 0 Å². The maximum absolute atomic E-state index is 3.79. The fraction of sp³-hybridized carbons (Fsp3) is 0.733. The lowest BCUT2D eigenvalue weighted by Gasteiger charge is -2.36. The van der Waals surface area contributed by atoms with Crippen LogP contribution in [0.25, 0.3) is 0 Å². The van der Waals surface area contributed by atoms with E-state index in [9.17, 15) is 0 Å². The van der Waals surface area contributed by atoms with Crippen LogP contribution in [0.4, 0.5) is 0 Å². The van der Waals surface area contributed by atoms with E-state index in [1.165, 1.54) is 12.1 Å². The summed E-state index contributed by atoms with van der Waals surface area (Å²) in [5, 5.41) is 0.515. The van der Waals surface area contributed by atoms with E-state index in [2.05, 4.69) is 72.7 Å². The molecule has 0 nitrogen and oxygen atoms in total. The topological polar surface area (TPSA) is 0 Å². The molecule has 0 fully saturated rings. The van der Waals surface area contributed by atoms with Gasteiger partial charge < -0.3 is 0 Å².